The van der Waals surface area contributed by atoms with E-state index in [2.05, 4.69) is 0 Å². The summed E-state index contributed by atoms with van der Waals surface area (Å²) in [6.45, 7) is 0. The predicted molar refractivity (Wildman–Crippen MR) is 66.3 cm³/mol. The van der Waals surface area contributed by atoms with Gasteiger partial charge in [-0.1, -0.05) is 36.4 Å². The lowest BCUT2D eigenvalue weighted by atomic mass is 10.2. The first-order chi connectivity index (χ1) is 7.42. The highest BCUT2D eigenvalue weighted by atomic mass is 35.5. The molecule has 16 heavy (non-hydrogen) atoms. The maximum Gasteiger partial charge on any atom is 0.244 e. The van der Waals surface area contributed by atoms with Gasteiger partial charge in [-0.3, -0.25) is 0 Å². The maximum atomic E-state index is 5.84. The summed E-state index contributed by atoms with van der Waals surface area (Å²) in [7, 11) is 0. The molecule has 0 heterocycles. The Morgan fingerprint density at radius 1 is 0.750 bits per heavy atom. The van der Waals surface area contributed by atoms with Gasteiger partial charge in [0.05, 0.1) is 0 Å². The van der Waals surface area contributed by atoms with Crippen molar-refractivity contribution in [1.29, 1.82) is 0 Å². The van der Waals surface area contributed by atoms with E-state index in [1.165, 1.54) is 0 Å². The highest BCUT2D eigenvalue weighted by Gasteiger charge is 2.10. The van der Waals surface area contributed by atoms with Gasteiger partial charge < -0.3 is 12.4 Å². The van der Waals surface area contributed by atoms with Crippen LogP contribution < -0.4 is 17.0 Å². The summed E-state index contributed by atoms with van der Waals surface area (Å²) in [5.74, 6) is 0. The largest absolute Gasteiger partial charge is 1.00 e. The molecule has 0 amide bonds. The van der Waals surface area contributed by atoms with Crippen LogP contribution in [-0.4, -0.2) is 5.67 Å². The van der Waals surface area contributed by atoms with Gasteiger partial charge in [-0.05, 0) is 11.6 Å². The molecule has 1 nitrogen and oxygen atoms in total. The van der Waals surface area contributed by atoms with Crippen molar-refractivity contribution in [2.24, 2.45) is 0 Å². The fourth-order valence-electron chi connectivity index (χ4n) is 1.44. The van der Waals surface area contributed by atoms with Crippen LogP contribution in [0.15, 0.2) is 60.7 Å². The zero-order valence-corrected chi connectivity index (χ0v) is 10.1. The standard InChI is InChI=1S/C13H11ClN.ClH/c14-11-15(12-7-3-1-4-8-12)13-9-5-2-6-10-13;/h1-11H;1H/q+1;/p-1. The lowest BCUT2D eigenvalue weighted by Gasteiger charge is -1.99. The van der Waals surface area contributed by atoms with Crippen molar-refractivity contribution in [2.45, 2.75) is 0 Å². The zero-order valence-electron chi connectivity index (χ0n) is 8.55. The first-order valence-corrected chi connectivity index (χ1v) is 5.18. The van der Waals surface area contributed by atoms with Crippen molar-refractivity contribution in [2.75, 3.05) is 0 Å². The molecule has 82 valence electrons. The molecule has 0 aliphatic heterocycles. The fraction of sp³-hybridized carbons (Fsp3) is 0. The zero-order chi connectivity index (χ0) is 10.5. The lowest BCUT2D eigenvalue weighted by molar-refractivity contribution is -0.00000288. The van der Waals surface area contributed by atoms with E-state index in [1.54, 1.807) is 5.67 Å². The molecule has 0 atom stereocenters. The maximum absolute atomic E-state index is 5.84. The SMILES string of the molecule is ClC=[N+](c1ccccc1)c1ccccc1.[Cl-]. The Morgan fingerprint density at radius 2 is 1.12 bits per heavy atom. The van der Waals surface area contributed by atoms with E-state index in [9.17, 15) is 0 Å². The molecule has 0 spiro atoms. The van der Waals surface area contributed by atoms with Crippen LogP contribution >= 0.6 is 11.6 Å². The third kappa shape index (κ3) is 2.84. The Balaban J connectivity index is 0.00000128. The molecule has 2 rings (SSSR count). The summed E-state index contributed by atoms with van der Waals surface area (Å²) in [6, 6.07) is 20.0. The number of halogens is 2. The number of para-hydroxylation sites is 2. The first-order valence-electron chi connectivity index (χ1n) is 4.74. The van der Waals surface area contributed by atoms with Gasteiger partial charge in [0, 0.05) is 24.3 Å². The second-order valence-electron chi connectivity index (χ2n) is 3.14. The van der Waals surface area contributed by atoms with E-state index in [1.807, 2.05) is 65.2 Å². The van der Waals surface area contributed by atoms with E-state index in [0.717, 1.165) is 11.4 Å². The molecule has 0 N–H and O–H groups in total. The minimum absolute atomic E-state index is 0. The van der Waals surface area contributed by atoms with Crippen molar-refractivity contribution in [3.8, 4) is 0 Å². The molecule has 0 fully saturated rings. The Hall–Kier alpha value is -1.31. The molecule has 0 radical (unpaired) electrons. The normalized spacial score (nSPS) is 9.06. The van der Waals surface area contributed by atoms with Crippen LogP contribution in [0.5, 0.6) is 0 Å². The van der Waals surface area contributed by atoms with Gasteiger partial charge in [0.15, 0.2) is 0 Å². The number of hydrogen-bond donors (Lipinski definition) is 0. The topological polar surface area (TPSA) is 3.01 Å². The molecule has 0 bridgehead atoms. The van der Waals surface area contributed by atoms with Gasteiger partial charge >= 0.3 is 0 Å². The van der Waals surface area contributed by atoms with Gasteiger partial charge in [0.1, 0.15) is 0 Å². The van der Waals surface area contributed by atoms with Gasteiger partial charge in [-0.15, -0.1) is 4.58 Å². The molecular weight excluding hydrogens is 241 g/mol. The molecule has 2 aromatic carbocycles. The molecule has 0 unspecified atom stereocenters. The van der Waals surface area contributed by atoms with E-state index >= 15 is 0 Å². The van der Waals surface area contributed by atoms with Crippen LogP contribution in [0.4, 0.5) is 11.4 Å². The molecular formula is C13H11Cl2N. The van der Waals surface area contributed by atoms with Crippen LogP contribution in [0.2, 0.25) is 0 Å². The van der Waals surface area contributed by atoms with Crippen molar-refractivity contribution >= 4 is 28.6 Å². The third-order valence-electron chi connectivity index (χ3n) is 2.17. The molecule has 0 aliphatic carbocycles. The van der Waals surface area contributed by atoms with Crippen LogP contribution in [0.3, 0.4) is 0 Å². The van der Waals surface area contributed by atoms with Crippen molar-refractivity contribution < 1.29 is 12.4 Å². The van der Waals surface area contributed by atoms with Gasteiger partial charge in [0.2, 0.25) is 17.0 Å². The highest BCUT2D eigenvalue weighted by Crippen LogP contribution is 2.19. The molecule has 3 heteroatoms. The number of rotatable bonds is 2. The average molecular weight is 252 g/mol. The average Bonchev–Trinajstić information content (AvgIpc) is 2.33. The Labute approximate surface area is 106 Å². The van der Waals surface area contributed by atoms with Gasteiger partial charge in [-0.2, -0.15) is 0 Å². The number of nitrogens with zero attached hydrogens (tertiary/aromatic N) is 1. The first kappa shape index (κ1) is 12.8. The van der Waals surface area contributed by atoms with Crippen LogP contribution in [-0.2, 0) is 0 Å². The van der Waals surface area contributed by atoms with Crippen LogP contribution in [0.25, 0.3) is 0 Å². The van der Waals surface area contributed by atoms with E-state index in [0.29, 0.717) is 0 Å². The van der Waals surface area contributed by atoms with Crippen LogP contribution in [0, 0.1) is 0 Å². The van der Waals surface area contributed by atoms with Gasteiger partial charge in [0.25, 0.3) is 0 Å². The number of hydrogen-bond acceptors (Lipinski definition) is 0. The summed E-state index contributed by atoms with van der Waals surface area (Å²) in [5.41, 5.74) is 3.66. The Morgan fingerprint density at radius 3 is 1.44 bits per heavy atom. The van der Waals surface area contributed by atoms with Crippen LogP contribution in [0.1, 0.15) is 0 Å². The molecule has 2 aromatic rings. The Bertz CT molecular complexity index is 410. The fourth-order valence-corrected chi connectivity index (χ4v) is 1.66. The van der Waals surface area contributed by atoms with E-state index in [-0.39, 0.29) is 12.4 Å². The quantitative estimate of drug-likeness (QED) is 0.549. The molecule has 0 aromatic heterocycles. The minimum Gasteiger partial charge on any atom is -1.00 e. The van der Waals surface area contributed by atoms with E-state index in [4.69, 9.17) is 11.6 Å². The van der Waals surface area contributed by atoms with E-state index < -0.39 is 0 Å². The molecule has 0 saturated heterocycles. The summed E-state index contributed by atoms with van der Waals surface area (Å²) in [6.07, 6.45) is 0. The lowest BCUT2D eigenvalue weighted by Crippen LogP contribution is -3.00. The molecule has 0 saturated carbocycles. The predicted octanol–water partition coefficient (Wildman–Crippen LogP) is 0.792. The molecule has 0 aliphatic rings. The monoisotopic (exact) mass is 251 g/mol. The Kier molecular flexibility index (Phi) is 5.03. The summed E-state index contributed by atoms with van der Waals surface area (Å²) in [4.78, 5) is 0. The summed E-state index contributed by atoms with van der Waals surface area (Å²) < 4.78 is 1.93. The van der Waals surface area contributed by atoms with Crippen molar-refractivity contribution in [3.63, 3.8) is 0 Å². The third-order valence-corrected chi connectivity index (χ3v) is 2.36. The second-order valence-corrected chi connectivity index (χ2v) is 3.33. The smallest absolute Gasteiger partial charge is 0.244 e. The number of benzene rings is 2. The summed E-state index contributed by atoms with van der Waals surface area (Å²) >= 11 is 5.84. The minimum atomic E-state index is 0. The second kappa shape index (κ2) is 6.31. The summed E-state index contributed by atoms with van der Waals surface area (Å²) in [5, 5.41) is 0. The highest BCUT2D eigenvalue weighted by molar-refractivity contribution is 6.56. The van der Waals surface area contributed by atoms with Gasteiger partial charge in [-0.25, -0.2) is 0 Å². The van der Waals surface area contributed by atoms with Crippen molar-refractivity contribution in [1.82, 2.24) is 4.58 Å². The van der Waals surface area contributed by atoms with Crippen molar-refractivity contribution in [3.05, 3.63) is 60.7 Å².